The molecular weight excluding hydrogens is 262 g/mol. The van der Waals surface area contributed by atoms with Crippen LogP contribution in [0.5, 0.6) is 11.5 Å². The van der Waals surface area contributed by atoms with Crippen molar-refractivity contribution in [2.75, 3.05) is 7.11 Å². The fraction of sp³-hybridized carbons (Fsp3) is 0.0714. The topological polar surface area (TPSA) is 78.7 Å². The van der Waals surface area contributed by atoms with Gasteiger partial charge in [-0.15, -0.1) is 0 Å². The van der Waals surface area contributed by atoms with Crippen LogP contribution in [-0.2, 0) is 4.74 Å². The first-order valence-corrected chi connectivity index (χ1v) is 5.71. The van der Waals surface area contributed by atoms with Gasteiger partial charge in [0.05, 0.1) is 18.1 Å². The van der Waals surface area contributed by atoms with Crippen molar-refractivity contribution < 1.29 is 19.2 Å². The van der Waals surface area contributed by atoms with E-state index in [0.29, 0.717) is 0 Å². The quantitative estimate of drug-likeness (QED) is 0.485. The zero-order chi connectivity index (χ0) is 14.5. The zero-order valence-electron chi connectivity index (χ0n) is 10.6. The molecule has 0 atom stereocenters. The van der Waals surface area contributed by atoms with E-state index in [1.807, 2.05) is 0 Å². The first-order chi connectivity index (χ1) is 9.61. The predicted octanol–water partition coefficient (Wildman–Crippen LogP) is 3.17. The Kier molecular flexibility index (Phi) is 3.95. The van der Waals surface area contributed by atoms with Crippen LogP contribution in [0.25, 0.3) is 0 Å². The summed E-state index contributed by atoms with van der Waals surface area (Å²) in [6.45, 7) is 0. The molecule has 0 bridgehead atoms. The van der Waals surface area contributed by atoms with Crippen LogP contribution in [0.2, 0.25) is 0 Å². The van der Waals surface area contributed by atoms with Gasteiger partial charge < -0.3 is 9.47 Å². The van der Waals surface area contributed by atoms with E-state index in [9.17, 15) is 14.9 Å². The van der Waals surface area contributed by atoms with Crippen LogP contribution in [0.3, 0.4) is 0 Å². The van der Waals surface area contributed by atoms with Gasteiger partial charge in [-0.05, 0) is 18.2 Å². The van der Waals surface area contributed by atoms with Gasteiger partial charge in [-0.3, -0.25) is 10.1 Å². The second-order valence-electron chi connectivity index (χ2n) is 3.84. The summed E-state index contributed by atoms with van der Waals surface area (Å²) in [5, 5.41) is 10.7. The van der Waals surface area contributed by atoms with Crippen LogP contribution in [0.4, 0.5) is 5.69 Å². The summed E-state index contributed by atoms with van der Waals surface area (Å²) in [6, 6.07) is 12.2. The number of esters is 1. The lowest BCUT2D eigenvalue weighted by Crippen LogP contribution is -2.03. The number of benzene rings is 2. The van der Waals surface area contributed by atoms with E-state index in [1.54, 1.807) is 30.3 Å². The van der Waals surface area contributed by atoms with Crippen LogP contribution in [0.15, 0.2) is 48.5 Å². The van der Waals surface area contributed by atoms with Crippen LogP contribution in [-0.4, -0.2) is 18.0 Å². The van der Waals surface area contributed by atoms with Gasteiger partial charge in [0.2, 0.25) is 0 Å². The maximum atomic E-state index is 11.6. The Hall–Kier alpha value is -2.89. The highest BCUT2D eigenvalue weighted by Gasteiger charge is 2.14. The Balaban J connectivity index is 2.33. The van der Waals surface area contributed by atoms with Crippen LogP contribution in [0, 0.1) is 10.1 Å². The number of rotatable bonds is 4. The molecule has 20 heavy (non-hydrogen) atoms. The molecule has 2 rings (SSSR count). The van der Waals surface area contributed by atoms with E-state index in [-0.39, 0.29) is 22.7 Å². The van der Waals surface area contributed by atoms with E-state index in [4.69, 9.17) is 4.74 Å². The third-order valence-corrected chi connectivity index (χ3v) is 2.55. The summed E-state index contributed by atoms with van der Waals surface area (Å²) < 4.78 is 10.2. The predicted molar refractivity (Wildman–Crippen MR) is 71.0 cm³/mol. The van der Waals surface area contributed by atoms with Gasteiger partial charge in [0.1, 0.15) is 17.1 Å². The second kappa shape index (κ2) is 5.83. The number of para-hydroxylation sites is 1. The molecule has 0 saturated heterocycles. The third-order valence-electron chi connectivity index (χ3n) is 2.55. The number of nitrogens with zero attached hydrogens (tertiary/aromatic N) is 1. The van der Waals surface area contributed by atoms with Gasteiger partial charge in [-0.1, -0.05) is 18.2 Å². The number of nitro benzene ring substituents is 1. The van der Waals surface area contributed by atoms with Crippen molar-refractivity contribution in [3.05, 3.63) is 64.2 Å². The molecule has 0 saturated carbocycles. The largest absolute Gasteiger partial charge is 0.465 e. The summed E-state index contributed by atoms with van der Waals surface area (Å²) in [6.07, 6.45) is 0. The lowest BCUT2D eigenvalue weighted by atomic mass is 10.2. The average molecular weight is 273 g/mol. The Labute approximate surface area is 114 Å². The molecule has 6 heteroatoms. The van der Waals surface area contributed by atoms with Gasteiger partial charge in [0.15, 0.2) is 0 Å². The second-order valence-corrected chi connectivity index (χ2v) is 3.84. The summed E-state index contributed by atoms with van der Waals surface area (Å²) in [5.74, 6) is 0.0152. The van der Waals surface area contributed by atoms with Crippen LogP contribution < -0.4 is 4.74 Å². The molecule has 0 spiro atoms. The molecule has 0 amide bonds. The number of hydrogen-bond acceptors (Lipinski definition) is 5. The smallest absolute Gasteiger partial charge is 0.341 e. The normalized spacial score (nSPS) is 9.85. The fourth-order valence-electron chi connectivity index (χ4n) is 1.62. The number of carbonyl (C=O) groups is 1. The molecule has 0 unspecified atom stereocenters. The maximum Gasteiger partial charge on any atom is 0.341 e. The fourth-order valence-corrected chi connectivity index (χ4v) is 1.62. The third kappa shape index (κ3) is 2.92. The van der Waals surface area contributed by atoms with E-state index in [2.05, 4.69) is 4.74 Å². The van der Waals surface area contributed by atoms with E-state index in [1.165, 1.54) is 25.3 Å². The zero-order valence-corrected chi connectivity index (χ0v) is 10.6. The molecule has 0 N–H and O–H groups in total. The molecule has 2 aromatic carbocycles. The van der Waals surface area contributed by atoms with Crippen molar-refractivity contribution >= 4 is 11.7 Å². The number of hydrogen-bond donors (Lipinski definition) is 0. The number of carbonyl (C=O) groups excluding carboxylic acids is 1. The first-order valence-electron chi connectivity index (χ1n) is 5.71. The lowest BCUT2D eigenvalue weighted by Gasteiger charge is -2.09. The molecule has 0 aromatic heterocycles. The van der Waals surface area contributed by atoms with Gasteiger partial charge in [-0.2, -0.15) is 0 Å². The van der Waals surface area contributed by atoms with Gasteiger partial charge in [0.25, 0.3) is 5.69 Å². The molecule has 2 aromatic rings. The highest BCUT2D eigenvalue weighted by molar-refractivity contribution is 5.92. The van der Waals surface area contributed by atoms with E-state index >= 15 is 0 Å². The van der Waals surface area contributed by atoms with E-state index in [0.717, 1.165) is 0 Å². The molecule has 0 radical (unpaired) electrons. The van der Waals surface area contributed by atoms with Crippen molar-refractivity contribution in [3.8, 4) is 11.5 Å². The van der Waals surface area contributed by atoms with Gasteiger partial charge in [0, 0.05) is 6.07 Å². The highest BCUT2D eigenvalue weighted by Crippen LogP contribution is 2.28. The molecule has 6 nitrogen and oxygen atoms in total. The standard InChI is InChI=1S/C14H11NO5/c1-19-14(16)12-7-2-3-8-13(12)20-11-6-4-5-10(9-11)15(17)18/h2-9H,1H3. The summed E-state index contributed by atoms with van der Waals surface area (Å²) in [5.41, 5.74) is 0.166. The summed E-state index contributed by atoms with van der Waals surface area (Å²) in [4.78, 5) is 21.8. The first kappa shape index (κ1) is 13.5. The SMILES string of the molecule is COC(=O)c1ccccc1Oc1cccc([N+](=O)[O-])c1. The minimum Gasteiger partial charge on any atom is -0.465 e. The Morgan fingerprint density at radius 3 is 2.60 bits per heavy atom. The van der Waals surface area contributed by atoms with Gasteiger partial charge in [-0.25, -0.2) is 4.79 Å². The molecule has 102 valence electrons. The number of ether oxygens (including phenoxy) is 2. The van der Waals surface area contributed by atoms with Crippen LogP contribution in [0.1, 0.15) is 10.4 Å². The summed E-state index contributed by atoms with van der Waals surface area (Å²) >= 11 is 0. The molecular formula is C14H11NO5. The number of methoxy groups -OCH3 is 1. The Morgan fingerprint density at radius 2 is 1.90 bits per heavy atom. The Bertz CT molecular complexity index is 654. The lowest BCUT2D eigenvalue weighted by molar-refractivity contribution is -0.384. The van der Waals surface area contributed by atoms with Crippen molar-refractivity contribution in [1.82, 2.24) is 0 Å². The molecule has 0 aliphatic rings. The van der Waals surface area contributed by atoms with Crippen molar-refractivity contribution in [3.63, 3.8) is 0 Å². The molecule has 0 aliphatic heterocycles. The molecule has 0 aliphatic carbocycles. The average Bonchev–Trinajstić information content (AvgIpc) is 2.47. The van der Waals surface area contributed by atoms with Crippen molar-refractivity contribution in [1.29, 1.82) is 0 Å². The van der Waals surface area contributed by atoms with Gasteiger partial charge >= 0.3 is 5.97 Å². The van der Waals surface area contributed by atoms with Crippen molar-refractivity contribution in [2.24, 2.45) is 0 Å². The summed E-state index contributed by atoms with van der Waals surface area (Å²) in [7, 11) is 1.27. The molecule has 0 heterocycles. The minimum absolute atomic E-state index is 0.0851. The maximum absolute atomic E-state index is 11.6. The van der Waals surface area contributed by atoms with Crippen LogP contribution >= 0.6 is 0 Å². The molecule has 0 fully saturated rings. The Morgan fingerprint density at radius 1 is 1.15 bits per heavy atom. The number of nitro groups is 1. The minimum atomic E-state index is -0.536. The highest BCUT2D eigenvalue weighted by atomic mass is 16.6. The van der Waals surface area contributed by atoms with Crippen molar-refractivity contribution in [2.45, 2.75) is 0 Å². The van der Waals surface area contributed by atoms with E-state index < -0.39 is 10.9 Å². The monoisotopic (exact) mass is 273 g/mol. The number of non-ortho nitro benzene ring substituents is 1.